The van der Waals surface area contributed by atoms with Crippen LogP contribution in [-0.4, -0.2) is 10.1 Å². The van der Waals surface area contributed by atoms with Gasteiger partial charge in [0.05, 0.1) is 12.5 Å². The van der Waals surface area contributed by atoms with Crippen LogP contribution in [0.3, 0.4) is 0 Å². The van der Waals surface area contributed by atoms with Gasteiger partial charge in [0.1, 0.15) is 6.10 Å². The van der Waals surface area contributed by atoms with Gasteiger partial charge in [-0.25, -0.2) is 0 Å². The molecule has 0 saturated carbocycles. The summed E-state index contributed by atoms with van der Waals surface area (Å²) in [4.78, 5) is 3.91. The van der Waals surface area contributed by atoms with Crippen LogP contribution >= 0.6 is 0 Å². The van der Waals surface area contributed by atoms with Gasteiger partial charge in [0.15, 0.2) is 0 Å². The maximum absolute atomic E-state index is 9.88. The molecule has 2 rings (SSSR count). The Morgan fingerprint density at radius 3 is 2.93 bits per heavy atom. The van der Waals surface area contributed by atoms with Crippen molar-refractivity contribution in [2.24, 2.45) is 0 Å². The van der Waals surface area contributed by atoms with Crippen LogP contribution in [0, 0.1) is 0 Å². The minimum Gasteiger partial charge on any atom is -0.472 e. The first kappa shape index (κ1) is 8.77. The topological polar surface area (TPSA) is 72.3 Å². The quantitative estimate of drug-likeness (QED) is 0.749. The number of aliphatic hydroxyl groups is 1. The Morgan fingerprint density at radius 1 is 1.43 bits per heavy atom. The van der Waals surface area contributed by atoms with Crippen molar-refractivity contribution in [3.8, 4) is 0 Å². The van der Waals surface area contributed by atoms with Crippen LogP contribution in [0.25, 0.3) is 0 Å². The number of anilines is 1. The fraction of sp³-hybridized carbons (Fsp3) is 0.100. The number of pyridine rings is 1. The highest BCUT2D eigenvalue weighted by molar-refractivity contribution is 5.48. The van der Waals surface area contributed by atoms with Crippen molar-refractivity contribution in [1.29, 1.82) is 0 Å². The van der Waals surface area contributed by atoms with E-state index < -0.39 is 6.10 Å². The molecular weight excluding hydrogens is 180 g/mol. The van der Waals surface area contributed by atoms with Gasteiger partial charge < -0.3 is 15.3 Å². The molecule has 0 saturated heterocycles. The number of hydrogen-bond acceptors (Lipinski definition) is 4. The number of nitrogens with zero attached hydrogens (tertiary/aromatic N) is 1. The normalized spacial score (nSPS) is 12.6. The van der Waals surface area contributed by atoms with E-state index in [9.17, 15) is 5.11 Å². The molecule has 3 N–H and O–H groups in total. The number of nitrogen functional groups attached to an aromatic ring is 1. The number of furan rings is 1. The number of hydrogen-bond donors (Lipinski definition) is 2. The highest BCUT2D eigenvalue weighted by atomic mass is 16.3. The van der Waals surface area contributed by atoms with Crippen molar-refractivity contribution in [1.82, 2.24) is 4.98 Å². The third kappa shape index (κ3) is 1.47. The zero-order valence-corrected chi connectivity index (χ0v) is 7.42. The average molecular weight is 190 g/mol. The monoisotopic (exact) mass is 190 g/mol. The Hall–Kier alpha value is -1.81. The van der Waals surface area contributed by atoms with E-state index in [1.807, 2.05) is 0 Å². The zero-order valence-electron chi connectivity index (χ0n) is 7.42. The van der Waals surface area contributed by atoms with E-state index in [1.165, 1.54) is 12.5 Å². The largest absolute Gasteiger partial charge is 0.472 e. The molecule has 0 aromatic carbocycles. The van der Waals surface area contributed by atoms with Gasteiger partial charge >= 0.3 is 0 Å². The summed E-state index contributed by atoms with van der Waals surface area (Å²) in [6, 6.07) is 3.34. The Bertz CT molecular complexity index is 412. The summed E-state index contributed by atoms with van der Waals surface area (Å²) in [5.74, 6) is 0. The summed E-state index contributed by atoms with van der Waals surface area (Å²) in [6.45, 7) is 0. The number of rotatable bonds is 2. The van der Waals surface area contributed by atoms with Crippen molar-refractivity contribution in [2.45, 2.75) is 6.10 Å². The molecule has 0 aliphatic heterocycles. The number of aliphatic hydroxyl groups excluding tert-OH is 1. The molecule has 2 heterocycles. The summed E-state index contributed by atoms with van der Waals surface area (Å²) >= 11 is 0. The van der Waals surface area contributed by atoms with Crippen molar-refractivity contribution in [3.63, 3.8) is 0 Å². The van der Waals surface area contributed by atoms with Gasteiger partial charge in [0.2, 0.25) is 0 Å². The van der Waals surface area contributed by atoms with Crippen molar-refractivity contribution >= 4 is 5.69 Å². The summed E-state index contributed by atoms with van der Waals surface area (Å²) in [5.41, 5.74) is 7.48. The summed E-state index contributed by atoms with van der Waals surface area (Å²) in [7, 11) is 0. The molecule has 4 nitrogen and oxygen atoms in total. The first-order valence-corrected chi connectivity index (χ1v) is 4.18. The second-order valence-corrected chi connectivity index (χ2v) is 2.96. The molecule has 4 heteroatoms. The maximum atomic E-state index is 9.88. The smallest absolute Gasteiger partial charge is 0.111 e. The van der Waals surface area contributed by atoms with E-state index in [1.54, 1.807) is 24.5 Å². The lowest BCUT2D eigenvalue weighted by Crippen LogP contribution is -2.03. The van der Waals surface area contributed by atoms with E-state index in [2.05, 4.69) is 4.98 Å². The number of aromatic nitrogens is 1. The fourth-order valence-electron chi connectivity index (χ4n) is 1.26. The summed E-state index contributed by atoms with van der Waals surface area (Å²) in [6.07, 6.45) is 5.35. The van der Waals surface area contributed by atoms with E-state index in [4.69, 9.17) is 10.2 Å². The van der Waals surface area contributed by atoms with Gasteiger partial charge in [-0.05, 0) is 12.1 Å². The highest BCUT2D eigenvalue weighted by Gasteiger charge is 2.14. The van der Waals surface area contributed by atoms with Crippen LogP contribution in [0.2, 0.25) is 0 Å². The van der Waals surface area contributed by atoms with Crippen LogP contribution in [0.4, 0.5) is 5.69 Å². The molecule has 0 aliphatic rings. The van der Waals surface area contributed by atoms with Crippen LogP contribution in [0.5, 0.6) is 0 Å². The molecule has 1 unspecified atom stereocenters. The van der Waals surface area contributed by atoms with Gasteiger partial charge in [-0.3, -0.25) is 4.98 Å². The van der Waals surface area contributed by atoms with Crippen molar-refractivity contribution in [2.75, 3.05) is 5.73 Å². The summed E-state index contributed by atoms with van der Waals surface area (Å²) < 4.78 is 4.88. The molecule has 0 bridgehead atoms. The first-order chi connectivity index (χ1) is 6.79. The van der Waals surface area contributed by atoms with E-state index >= 15 is 0 Å². The standard InChI is InChI=1S/C10H10N2O2/c11-9-1-3-12-5-8(9)10(13)7-2-4-14-6-7/h1-6,10,13H,(H2,11,12). The molecule has 72 valence electrons. The van der Waals surface area contributed by atoms with Gasteiger partial charge in [0, 0.05) is 29.2 Å². The average Bonchev–Trinajstić information content (AvgIpc) is 2.70. The molecule has 0 aliphatic carbocycles. The van der Waals surface area contributed by atoms with E-state index in [-0.39, 0.29) is 0 Å². The number of nitrogens with two attached hydrogens (primary N) is 1. The minimum absolute atomic E-state index is 0.522. The fourth-order valence-corrected chi connectivity index (χ4v) is 1.26. The van der Waals surface area contributed by atoms with Crippen LogP contribution in [-0.2, 0) is 0 Å². The third-order valence-corrected chi connectivity index (χ3v) is 2.04. The predicted molar refractivity (Wildman–Crippen MR) is 51.4 cm³/mol. The Kier molecular flexibility index (Phi) is 2.20. The molecule has 2 aromatic heterocycles. The second kappa shape index (κ2) is 3.51. The lowest BCUT2D eigenvalue weighted by Gasteiger charge is -2.10. The van der Waals surface area contributed by atoms with Crippen LogP contribution in [0.1, 0.15) is 17.2 Å². The van der Waals surface area contributed by atoms with Crippen LogP contribution in [0.15, 0.2) is 41.5 Å². The van der Waals surface area contributed by atoms with Gasteiger partial charge in [0.25, 0.3) is 0 Å². The molecule has 1 atom stereocenters. The van der Waals surface area contributed by atoms with E-state index in [0.717, 1.165) is 0 Å². The zero-order chi connectivity index (χ0) is 9.97. The molecule has 0 radical (unpaired) electrons. The predicted octanol–water partition coefficient (Wildman–Crippen LogP) is 1.34. The minimum atomic E-state index is -0.776. The molecule has 0 fully saturated rings. The Labute approximate surface area is 81.0 Å². The second-order valence-electron chi connectivity index (χ2n) is 2.96. The first-order valence-electron chi connectivity index (χ1n) is 4.18. The van der Waals surface area contributed by atoms with Gasteiger partial charge in [-0.1, -0.05) is 0 Å². The maximum Gasteiger partial charge on any atom is 0.111 e. The highest BCUT2D eigenvalue weighted by Crippen LogP contribution is 2.25. The molecule has 14 heavy (non-hydrogen) atoms. The third-order valence-electron chi connectivity index (χ3n) is 2.04. The molecule has 2 aromatic rings. The Balaban J connectivity index is 2.37. The lowest BCUT2D eigenvalue weighted by molar-refractivity contribution is 0.219. The van der Waals surface area contributed by atoms with Crippen molar-refractivity contribution in [3.05, 3.63) is 48.2 Å². The van der Waals surface area contributed by atoms with Gasteiger partial charge in [-0.2, -0.15) is 0 Å². The molecular formula is C10H10N2O2. The van der Waals surface area contributed by atoms with E-state index in [0.29, 0.717) is 16.8 Å². The lowest BCUT2D eigenvalue weighted by atomic mass is 10.1. The summed E-state index contributed by atoms with van der Waals surface area (Å²) in [5, 5.41) is 9.88. The SMILES string of the molecule is Nc1ccncc1C(O)c1ccoc1. The Morgan fingerprint density at radius 2 is 2.29 bits per heavy atom. The van der Waals surface area contributed by atoms with Gasteiger partial charge in [-0.15, -0.1) is 0 Å². The molecule has 0 spiro atoms. The van der Waals surface area contributed by atoms with Crippen molar-refractivity contribution < 1.29 is 9.52 Å². The molecule has 0 amide bonds. The van der Waals surface area contributed by atoms with Crippen LogP contribution < -0.4 is 5.73 Å².